The van der Waals surface area contributed by atoms with E-state index in [1.54, 1.807) is 11.3 Å². The fourth-order valence-electron chi connectivity index (χ4n) is 2.41. The zero-order chi connectivity index (χ0) is 14.9. The molecule has 2 aromatic rings. The first-order valence-electron chi connectivity index (χ1n) is 7.93. The van der Waals surface area contributed by atoms with E-state index in [2.05, 4.69) is 59.7 Å². The molecule has 0 fully saturated rings. The summed E-state index contributed by atoms with van der Waals surface area (Å²) in [5.74, 6) is 0.385. The molecule has 0 amide bonds. The summed E-state index contributed by atoms with van der Waals surface area (Å²) in [7, 11) is 0. The van der Waals surface area contributed by atoms with Gasteiger partial charge < -0.3 is 5.32 Å². The van der Waals surface area contributed by atoms with Gasteiger partial charge in [-0.15, -0.1) is 21.5 Å². The molecule has 4 heteroatoms. The molecule has 114 valence electrons. The van der Waals surface area contributed by atoms with Crippen LogP contribution in [-0.4, -0.2) is 23.3 Å². The van der Waals surface area contributed by atoms with E-state index in [1.165, 1.54) is 12.0 Å². The highest BCUT2D eigenvalue weighted by Gasteiger charge is 2.16. The average molecular weight is 303 g/mol. The van der Waals surface area contributed by atoms with Crippen molar-refractivity contribution in [2.75, 3.05) is 13.1 Å². The number of aromatic nitrogens is 2. The van der Waals surface area contributed by atoms with Crippen LogP contribution in [0.4, 0.5) is 0 Å². The van der Waals surface area contributed by atoms with Crippen molar-refractivity contribution in [3.05, 3.63) is 45.9 Å². The second kappa shape index (κ2) is 8.90. The monoisotopic (exact) mass is 303 g/mol. The summed E-state index contributed by atoms with van der Waals surface area (Å²) < 4.78 is 0. The predicted octanol–water partition coefficient (Wildman–Crippen LogP) is 4.01. The summed E-state index contributed by atoms with van der Waals surface area (Å²) in [4.78, 5) is 0. The minimum atomic E-state index is 0.385. The molecule has 0 aliphatic carbocycles. The zero-order valence-corrected chi connectivity index (χ0v) is 13.8. The van der Waals surface area contributed by atoms with Crippen LogP contribution in [0, 0.1) is 0 Å². The number of aryl methyl sites for hydroxylation is 1. The van der Waals surface area contributed by atoms with E-state index in [1.807, 2.05) is 0 Å². The van der Waals surface area contributed by atoms with Gasteiger partial charge in [-0.1, -0.05) is 44.2 Å². The normalized spacial score (nSPS) is 12.5. The molecule has 21 heavy (non-hydrogen) atoms. The predicted molar refractivity (Wildman–Crippen MR) is 90.0 cm³/mol. The van der Waals surface area contributed by atoms with E-state index in [9.17, 15) is 0 Å². The van der Waals surface area contributed by atoms with Crippen LogP contribution in [0.2, 0.25) is 0 Å². The largest absolute Gasteiger partial charge is 0.317 e. The molecule has 0 bridgehead atoms. The lowest BCUT2D eigenvalue weighted by Gasteiger charge is -2.11. The van der Waals surface area contributed by atoms with Gasteiger partial charge in [0, 0.05) is 12.3 Å². The summed E-state index contributed by atoms with van der Waals surface area (Å²) in [5, 5.41) is 14.5. The van der Waals surface area contributed by atoms with Crippen LogP contribution in [0.3, 0.4) is 0 Å². The fourth-order valence-corrected chi connectivity index (χ4v) is 3.51. The molecule has 0 spiro atoms. The number of hydrogen-bond donors (Lipinski definition) is 1. The maximum Gasteiger partial charge on any atom is 0.124 e. The van der Waals surface area contributed by atoms with Crippen molar-refractivity contribution in [2.24, 2.45) is 0 Å². The third-order valence-electron chi connectivity index (χ3n) is 3.56. The Balaban J connectivity index is 1.92. The molecule has 3 nitrogen and oxygen atoms in total. The molecule has 0 saturated heterocycles. The van der Waals surface area contributed by atoms with Crippen LogP contribution >= 0.6 is 11.3 Å². The lowest BCUT2D eigenvalue weighted by Crippen LogP contribution is -2.16. The van der Waals surface area contributed by atoms with Gasteiger partial charge in [0.1, 0.15) is 10.0 Å². The second-order valence-corrected chi connectivity index (χ2v) is 6.35. The molecule has 0 aliphatic heterocycles. The molecule has 1 aromatic heterocycles. The first-order chi connectivity index (χ1) is 10.3. The van der Waals surface area contributed by atoms with Crippen molar-refractivity contribution in [1.29, 1.82) is 0 Å². The third kappa shape index (κ3) is 4.90. The van der Waals surface area contributed by atoms with Crippen molar-refractivity contribution >= 4 is 11.3 Å². The number of rotatable bonds is 9. The van der Waals surface area contributed by atoms with Gasteiger partial charge in [0.05, 0.1) is 0 Å². The lowest BCUT2D eigenvalue weighted by atomic mass is 9.97. The van der Waals surface area contributed by atoms with Gasteiger partial charge in [0.25, 0.3) is 0 Å². The maximum atomic E-state index is 4.43. The number of nitrogens with one attached hydrogen (secondary N) is 1. The summed E-state index contributed by atoms with van der Waals surface area (Å²) >= 11 is 1.77. The molecular weight excluding hydrogens is 278 g/mol. The highest BCUT2D eigenvalue weighted by molar-refractivity contribution is 7.11. The van der Waals surface area contributed by atoms with E-state index >= 15 is 0 Å². The van der Waals surface area contributed by atoms with Gasteiger partial charge in [-0.2, -0.15) is 0 Å². The van der Waals surface area contributed by atoms with E-state index in [4.69, 9.17) is 0 Å². The van der Waals surface area contributed by atoms with E-state index < -0.39 is 0 Å². The van der Waals surface area contributed by atoms with Crippen molar-refractivity contribution in [1.82, 2.24) is 15.5 Å². The molecule has 1 N–H and O–H groups in total. The highest BCUT2D eigenvalue weighted by atomic mass is 32.1. The summed E-state index contributed by atoms with van der Waals surface area (Å²) in [6.07, 6.45) is 4.42. The lowest BCUT2D eigenvalue weighted by molar-refractivity contribution is 0.637. The smallest absolute Gasteiger partial charge is 0.124 e. The van der Waals surface area contributed by atoms with Crippen LogP contribution in [0.5, 0.6) is 0 Å². The van der Waals surface area contributed by atoms with Crippen LogP contribution in [0.25, 0.3) is 0 Å². The van der Waals surface area contributed by atoms with Crippen molar-refractivity contribution in [3.63, 3.8) is 0 Å². The first-order valence-corrected chi connectivity index (χ1v) is 8.74. The molecule has 0 aliphatic rings. The number of hydrogen-bond acceptors (Lipinski definition) is 4. The molecule has 1 unspecified atom stereocenters. The van der Waals surface area contributed by atoms with Gasteiger partial charge >= 0.3 is 0 Å². The Labute approximate surface area is 131 Å². The zero-order valence-electron chi connectivity index (χ0n) is 13.0. The molecule has 0 saturated carbocycles. The highest BCUT2D eigenvalue weighted by Crippen LogP contribution is 2.30. The van der Waals surface area contributed by atoms with Crippen LogP contribution in [0.15, 0.2) is 30.3 Å². The van der Waals surface area contributed by atoms with E-state index in [-0.39, 0.29) is 0 Å². The Morgan fingerprint density at radius 2 is 1.90 bits per heavy atom. The molecular formula is C17H25N3S. The Bertz CT molecular complexity index is 510. The summed E-state index contributed by atoms with van der Waals surface area (Å²) in [6.45, 7) is 6.58. The Morgan fingerprint density at radius 1 is 1.10 bits per heavy atom. The Hall–Kier alpha value is -1.26. The molecule has 2 rings (SSSR count). The van der Waals surface area contributed by atoms with Crippen molar-refractivity contribution < 1.29 is 0 Å². The second-order valence-electron chi connectivity index (χ2n) is 5.26. The SMILES string of the molecule is CCCNCCCc1nnc(C(CC)c2ccccc2)s1. The van der Waals surface area contributed by atoms with E-state index in [0.29, 0.717) is 5.92 Å². The van der Waals surface area contributed by atoms with Crippen molar-refractivity contribution in [2.45, 2.75) is 45.4 Å². The van der Waals surface area contributed by atoms with Gasteiger partial charge in [-0.3, -0.25) is 0 Å². The first kappa shape index (κ1) is 16.1. The molecule has 1 atom stereocenters. The van der Waals surface area contributed by atoms with Gasteiger partial charge in [-0.25, -0.2) is 0 Å². The Morgan fingerprint density at radius 3 is 2.62 bits per heavy atom. The van der Waals surface area contributed by atoms with E-state index in [0.717, 1.165) is 42.4 Å². The minimum absolute atomic E-state index is 0.385. The van der Waals surface area contributed by atoms with Gasteiger partial charge in [-0.05, 0) is 37.9 Å². The van der Waals surface area contributed by atoms with Gasteiger partial charge in [0.15, 0.2) is 0 Å². The quantitative estimate of drug-likeness (QED) is 0.711. The standard InChI is InChI=1S/C17H25N3S/c1-3-12-18-13-8-11-16-19-20-17(21-16)15(4-2)14-9-6-5-7-10-14/h5-7,9-10,15,18H,3-4,8,11-13H2,1-2H3. The number of nitrogens with zero attached hydrogens (tertiary/aromatic N) is 2. The van der Waals surface area contributed by atoms with Crippen LogP contribution in [-0.2, 0) is 6.42 Å². The van der Waals surface area contributed by atoms with Crippen LogP contribution in [0.1, 0.15) is 54.6 Å². The molecule has 1 heterocycles. The maximum absolute atomic E-state index is 4.43. The van der Waals surface area contributed by atoms with Crippen LogP contribution < -0.4 is 5.32 Å². The number of benzene rings is 1. The minimum Gasteiger partial charge on any atom is -0.317 e. The average Bonchev–Trinajstić information content (AvgIpc) is 2.98. The third-order valence-corrected chi connectivity index (χ3v) is 4.66. The summed E-state index contributed by atoms with van der Waals surface area (Å²) in [6, 6.07) is 10.6. The van der Waals surface area contributed by atoms with Gasteiger partial charge in [0.2, 0.25) is 0 Å². The van der Waals surface area contributed by atoms with Crippen molar-refractivity contribution in [3.8, 4) is 0 Å². The Kier molecular flexibility index (Phi) is 6.83. The summed E-state index contributed by atoms with van der Waals surface area (Å²) in [5.41, 5.74) is 1.34. The fraction of sp³-hybridized carbons (Fsp3) is 0.529. The molecule has 1 aromatic carbocycles. The molecule has 0 radical (unpaired) electrons. The topological polar surface area (TPSA) is 37.8 Å².